The molecule has 4 aromatic rings. The molecule has 5 rings (SSSR count). The lowest BCUT2D eigenvalue weighted by molar-refractivity contribution is 0.0933. The second-order valence-corrected chi connectivity index (χ2v) is 9.16. The molecule has 178 valence electrons. The molecule has 2 heterocycles. The summed E-state index contributed by atoms with van der Waals surface area (Å²) < 4.78 is 1.29. The Morgan fingerprint density at radius 3 is 2.37 bits per heavy atom. The first-order chi connectivity index (χ1) is 17.0. The molecule has 0 atom stereocenters. The minimum absolute atomic E-state index is 0.137. The summed E-state index contributed by atoms with van der Waals surface area (Å²) in [5.41, 5.74) is 11.1. The summed E-state index contributed by atoms with van der Waals surface area (Å²) in [6.07, 6.45) is 3.86. The van der Waals surface area contributed by atoms with Crippen molar-refractivity contribution in [1.82, 2.24) is 9.47 Å². The molecular weight excluding hydrogens is 436 g/mol. The SMILES string of the molecule is CC(=O)n1c(O)c(C(=Nc2ccc(CN3CCCCC3)cc2)c2ccccc2)c2ccc(N)cc21. The number of aliphatic imine (C=N–C) groups is 1. The van der Waals surface area contributed by atoms with Gasteiger partial charge < -0.3 is 10.8 Å². The highest BCUT2D eigenvalue weighted by Gasteiger charge is 2.24. The van der Waals surface area contributed by atoms with Crippen LogP contribution in [0.4, 0.5) is 11.4 Å². The molecule has 0 radical (unpaired) electrons. The average Bonchev–Trinajstić information content (AvgIpc) is 3.15. The third-order valence-corrected chi connectivity index (χ3v) is 6.60. The van der Waals surface area contributed by atoms with Gasteiger partial charge in [0, 0.05) is 30.1 Å². The predicted molar refractivity (Wildman–Crippen MR) is 142 cm³/mol. The zero-order valence-corrected chi connectivity index (χ0v) is 19.9. The molecule has 3 N–H and O–H groups in total. The summed E-state index contributed by atoms with van der Waals surface area (Å²) in [5.74, 6) is -0.429. The molecule has 3 aromatic carbocycles. The van der Waals surface area contributed by atoms with Crippen LogP contribution in [0.3, 0.4) is 0 Å². The van der Waals surface area contributed by atoms with E-state index in [0.29, 0.717) is 22.5 Å². The summed E-state index contributed by atoms with van der Waals surface area (Å²) in [6.45, 7) is 4.68. The molecule has 1 aromatic heterocycles. The van der Waals surface area contributed by atoms with Crippen LogP contribution < -0.4 is 5.73 Å². The highest BCUT2D eigenvalue weighted by molar-refractivity contribution is 6.23. The predicted octanol–water partition coefficient (Wildman–Crippen LogP) is 5.74. The highest BCUT2D eigenvalue weighted by Crippen LogP contribution is 2.35. The van der Waals surface area contributed by atoms with Crippen LogP contribution in [-0.2, 0) is 6.54 Å². The Balaban J connectivity index is 1.60. The number of rotatable bonds is 5. The number of hydrogen-bond acceptors (Lipinski definition) is 5. The van der Waals surface area contributed by atoms with Gasteiger partial charge in [-0.1, -0.05) is 48.9 Å². The molecule has 0 spiro atoms. The second kappa shape index (κ2) is 9.76. The van der Waals surface area contributed by atoms with E-state index >= 15 is 0 Å². The quantitative estimate of drug-likeness (QED) is 0.290. The zero-order chi connectivity index (χ0) is 24.4. The number of carbonyl (C=O) groups excluding carboxylic acids is 1. The lowest BCUT2D eigenvalue weighted by Gasteiger charge is -2.26. The van der Waals surface area contributed by atoms with E-state index in [9.17, 15) is 9.90 Å². The van der Waals surface area contributed by atoms with Crippen molar-refractivity contribution in [3.63, 3.8) is 0 Å². The van der Waals surface area contributed by atoms with E-state index in [1.807, 2.05) is 48.5 Å². The van der Waals surface area contributed by atoms with E-state index < -0.39 is 0 Å². The molecule has 1 saturated heterocycles. The largest absolute Gasteiger partial charge is 0.494 e. The molecule has 0 amide bonds. The molecule has 1 aliphatic heterocycles. The molecule has 0 bridgehead atoms. The molecule has 6 heteroatoms. The molecule has 0 aliphatic carbocycles. The van der Waals surface area contributed by atoms with E-state index in [1.165, 1.54) is 36.3 Å². The summed E-state index contributed by atoms with van der Waals surface area (Å²) in [7, 11) is 0. The van der Waals surface area contributed by atoms with Crippen molar-refractivity contribution in [2.24, 2.45) is 4.99 Å². The summed E-state index contributed by atoms with van der Waals surface area (Å²) in [6, 6.07) is 23.3. The van der Waals surface area contributed by atoms with Crippen LogP contribution in [0.1, 0.15) is 47.7 Å². The number of piperidine rings is 1. The molecule has 0 unspecified atom stereocenters. The maximum atomic E-state index is 12.4. The van der Waals surface area contributed by atoms with Gasteiger partial charge in [0.25, 0.3) is 0 Å². The number of likely N-dealkylation sites (tertiary alicyclic amines) is 1. The van der Waals surface area contributed by atoms with Crippen LogP contribution >= 0.6 is 0 Å². The van der Waals surface area contributed by atoms with E-state index in [4.69, 9.17) is 10.7 Å². The number of nitrogens with zero attached hydrogens (tertiary/aromatic N) is 3. The number of hydrogen-bond donors (Lipinski definition) is 2. The van der Waals surface area contributed by atoms with Crippen LogP contribution in [0.25, 0.3) is 10.9 Å². The van der Waals surface area contributed by atoms with E-state index in [0.717, 1.165) is 36.3 Å². The standard InChI is InChI=1S/C29H30N4O2/c1-20(34)33-26-18-23(30)12-15-25(26)27(29(33)35)28(22-8-4-2-5-9-22)31-24-13-10-21(11-14-24)19-32-16-6-3-7-17-32/h2,4-5,8-15,18,35H,3,6-7,16-17,19,30H2,1H3. The minimum Gasteiger partial charge on any atom is -0.494 e. The lowest BCUT2D eigenvalue weighted by Crippen LogP contribution is -2.28. The highest BCUT2D eigenvalue weighted by atomic mass is 16.3. The topological polar surface area (TPSA) is 83.9 Å². The fourth-order valence-electron chi connectivity index (χ4n) is 4.89. The number of fused-ring (bicyclic) bond motifs is 1. The molecule has 35 heavy (non-hydrogen) atoms. The smallest absolute Gasteiger partial charge is 0.230 e. The van der Waals surface area contributed by atoms with Crippen LogP contribution in [0, 0.1) is 0 Å². The monoisotopic (exact) mass is 466 g/mol. The molecule has 0 saturated carbocycles. The molecule has 1 aliphatic rings. The van der Waals surface area contributed by atoms with Crippen LogP contribution in [0.15, 0.2) is 77.8 Å². The van der Waals surface area contributed by atoms with Gasteiger partial charge in [-0.05, 0) is 61.8 Å². The number of anilines is 1. The molecule has 6 nitrogen and oxygen atoms in total. The number of carbonyl (C=O) groups is 1. The fraction of sp³-hybridized carbons (Fsp3) is 0.241. The number of aromatic hydroxyl groups is 1. The third-order valence-electron chi connectivity index (χ3n) is 6.60. The van der Waals surface area contributed by atoms with E-state index in [2.05, 4.69) is 17.0 Å². The number of nitrogens with two attached hydrogens (primary N) is 1. The summed E-state index contributed by atoms with van der Waals surface area (Å²) >= 11 is 0. The lowest BCUT2D eigenvalue weighted by atomic mass is 10.0. The normalized spacial score (nSPS) is 14.9. The second-order valence-electron chi connectivity index (χ2n) is 9.16. The van der Waals surface area contributed by atoms with Gasteiger partial charge in [0.1, 0.15) is 0 Å². The minimum atomic E-state index is -0.293. The summed E-state index contributed by atoms with van der Waals surface area (Å²) in [4.78, 5) is 19.9. The van der Waals surface area contributed by atoms with E-state index in [-0.39, 0.29) is 11.8 Å². The maximum absolute atomic E-state index is 12.4. The van der Waals surface area contributed by atoms with Crippen molar-refractivity contribution >= 4 is 33.9 Å². The van der Waals surface area contributed by atoms with Crippen molar-refractivity contribution in [2.75, 3.05) is 18.8 Å². The number of nitrogen functional groups attached to an aromatic ring is 1. The van der Waals surface area contributed by atoms with Crippen molar-refractivity contribution in [1.29, 1.82) is 0 Å². The van der Waals surface area contributed by atoms with Gasteiger partial charge in [0.05, 0.1) is 22.5 Å². The first-order valence-corrected chi connectivity index (χ1v) is 12.1. The number of benzene rings is 3. The van der Waals surface area contributed by atoms with Gasteiger partial charge in [0.15, 0.2) is 0 Å². The Bertz CT molecular complexity index is 1380. The van der Waals surface area contributed by atoms with Gasteiger partial charge in [-0.2, -0.15) is 0 Å². The van der Waals surface area contributed by atoms with Crippen molar-refractivity contribution in [2.45, 2.75) is 32.7 Å². The van der Waals surface area contributed by atoms with Gasteiger partial charge >= 0.3 is 0 Å². The van der Waals surface area contributed by atoms with Gasteiger partial charge in [-0.3, -0.25) is 14.3 Å². The average molecular weight is 467 g/mol. The Hall–Kier alpha value is -3.90. The Morgan fingerprint density at radius 2 is 1.69 bits per heavy atom. The van der Waals surface area contributed by atoms with Crippen molar-refractivity contribution < 1.29 is 9.90 Å². The van der Waals surface area contributed by atoms with Gasteiger partial charge in [0.2, 0.25) is 11.8 Å². The Kier molecular flexibility index (Phi) is 6.38. The van der Waals surface area contributed by atoms with Crippen LogP contribution in [-0.4, -0.2) is 39.3 Å². The Labute approximate surface area is 205 Å². The van der Waals surface area contributed by atoms with Crippen LogP contribution in [0.2, 0.25) is 0 Å². The first-order valence-electron chi connectivity index (χ1n) is 12.1. The van der Waals surface area contributed by atoms with Gasteiger partial charge in [-0.25, -0.2) is 4.99 Å². The zero-order valence-electron chi connectivity index (χ0n) is 19.9. The fourth-order valence-corrected chi connectivity index (χ4v) is 4.89. The molecule has 1 fully saturated rings. The number of aromatic nitrogens is 1. The third kappa shape index (κ3) is 4.70. The van der Waals surface area contributed by atoms with Crippen LogP contribution in [0.5, 0.6) is 5.88 Å². The van der Waals surface area contributed by atoms with E-state index in [1.54, 1.807) is 12.1 Å². The Morgan fingerprint density at radius 1 is 0.971 bits per heavy atom. The van der Waals surface area contributed by atoms with Crippen molar-refractivity contribution in [3.05, 3.63) is 89.5 Å². The summed E-state index contributed by atoms with van der Waals surface area (Å²) in [5, 5.41) is 11.9. The first kappa shape index (κ1) is 22.9. The van der Waals surface area contributed by atoms with Gasteiger partial charge in [-0.15, -0.1) is 0 Å². The molecular formula is C29H30N4O2. The maximum Gasteiger partial charge on any atom is 0.230 e. The van der Waals surface area contributed by atoms with Crippen molar-refractivity contribution in [3.8, 4) is 5.88 Å².